The minimum absolute atomic E-state index is 0.218. The molecule has 0 saturated heterocycles. The van der Waals surface area contributed by atoms with Gasteiger partial charge < -0.3 is 10.6 Å². The van der Waals surface area contributed by atoms with Gasteiger partial charge in [0.25, 0.3) is 5.91 Å². The second-order valence-electron chi connectivity index (χ2n) is 5.02. The maximum Gasteiger partial charge on any atom is 0.270 e. The van der Waals surface area contributed by atoms with Crippen LogP contribution in [0.15, 0.2) is 30.6 Å². The summed E-state index contributed by atoms with van der Waals surface area (Å²) >= 11 is 0. The summed E-state index contributed by atoms with van der Waals surface area (Å²) in [6, 6.07) is 5.62. The predicted octanol–water partition coefficient (Wildman–Crippen LogP) is 1.93. The normalized spacial score (nSPS) is 10.5. The Morgan fingerprint density at radius 1 is 1.24 bits per heavy atom. The van der Waals surface area contributed by atoms with Crippen molar-refractivity contribution >= 4 is 11.7 Å². The number of pyridine rings is 1. The summed E-state index contributed by atoms with van der Waals surface area (Å²) in [7, 11) is 0. The van der Waals surface area contributed by atoms with Gasteiger partial charge in [-0.15, -0.1) is 0 Å². The van der Waals surface area contributed by atoms with E-state index in [-0.39, 0.29) is 11.9 Å². The van der Waals surface area contributed by atoms with Crippen molar-refractivity contribution in [2.75, 3.05) is 5.32 Å². The molecule has 0 aliphatic rings. The fourth-order valence-corrected chi connectivity index (χ4v) is 1.83. The molecule has 6 nitrogen and oxygen atoms in total. The number of hydrogen-bond acceptors (Lipinski definition) is 5. The summed E-state index contributed by atoms with van der Waals surface area (Å²) in [5.74, 6) is 1.00. The second-order valence-corrected chi connectivity index (χ2v) is 5.02. The molecular weight excluding hydrogens is 266 g/mol. The van der Waals surface area contributed by atoms with Gasteiger partial charge in [0.1, 0.15) is 17.3 Å². The van der Waals surface area contributed by atoms with E-state index in [2.05, 4.69) is 25.6 Å². The predicted molar refractivity (Wildman–Crippen MR) is 80.9 cm³/mol. The van der Waals surface area contributed by atoms with Crippen LogP contribution in [0.25, 0.3) is 0 Å². The minimum Gasteiger partial charge on any atom is -0.368 e. The van der Waals surface area contributed by atoms with Crippen LogP contribution in [0.4, 0.5) is 5.82 Å². The minimum atomic E-state index is -0.218. The molecule has 6 heteroatoms. The van der Waals surface area contributed by atoms with Crippen molar-refractivity contribution in [3.8, 4) is 0 Å². The molecule has 0 aliphatic heterocycles. The maximum absolute atomic E-state index is 12.2. The van der Waals surface area contributed by atoms with Crippen LogP contribution in [0, 0.1) is 6.92 Å². The van der Waals surface area contributed by atoms with Gasteiger partial charge in [0.15, 0.2) is 0 Å². The first-order valence-electron chi connectivity index (χ1n) is 6.84. The molecule has 2 N–H and O–H groups in total. The van der Waals surface area contributed by atoms with Crippen LogP contribution in [-0.4, -0.2) is 26.9 Å². The molecular formula is C15H19N5O. The average molecular weight is 285 g/mol. The number of nitrogens with one attached hydrogen (secondary N) is 2. The van der Waals surface area contributed by atoms with Crippen molar-refractivity contribution in [3.05, 3.63) is 47.7 Å². The van der Waals surface area contributed by atoms with Gasteiger partial charge in [0, 0.05) is 31.0 Å². The van der Waals surface area contributed by atoms with Gasteiger partial charge in [-0.05, 0) is 38.5 Å². The fraction of sp³-hybridized carbons (Fsp3) is 0.333. The number of anilines is 1. The van der Waals surface area contributed by atoms with Gasteiger partial charge in [-0.1, -0.05) is 0 Å². The van der Waals surface area contributed by atoms with Crippen molar-refractivity contribution in [1.82, 2.24) is 20.3 Å². The zero-order valence-electron chi connectivity index (χ0n) is 12.4. The van der Waals surface area contributed by atoms with Gasteiger partial charge in [-0.2, -0.15) is 0 Å². The number of carbonyl (C=O) groups is 1. The topological polar surface area (TPSA) is 79.8 Å². The third kappa shape index (κ3) is 4.52. The molecule has 0 unspecified atom stereocenters. The Bertz CT molecular complexity index is 613. The van der Waals surface area contributed by atoms with Gasteiger partial charge in [-0.25, -0.2) is 9.97 Å². The van der Waals surface area contributed by atoms with Crippen LogP contribution in [0.1, 0.15) is 35.7 Å². The average Bonchev–Trinajstić information content (AvgIpc) is 2.44. The summed E-state index contributed by atoms with van der Waals surface area (Å²) in [6.07, 6.45) is 3.39. The molecule has 0 radical (unpaired) electrons. The summed E-state index contributed by atoms with van der Waals surface area (Å²) in [5, 5.41) is 6.01. The van der Waals surface area contributed by atoms with E-state index in [1.807, 2.05) is 26.0 Å². The lowest BCUT2D eigenvalue weighted by Crippen LogP contribution is -2.25. The van der Waals surface area contributed by atoms with E-state index in [0.29, 0.717) is 23.9 Å². The number of amides is 1. The van der Waals surface area contributed by atoms with E-state index in [0.717, 1.165) is 5.56 Å². The lowest BCUT2D eigenvalue weighted by molar-refractivity contribution is 0.0945. The molecule has 0 spiro atoms. The highest BCUT2D eigenvalue weighted by atomic mass is 16.1. The first-order chi connectivity index (χ1) is 10.0. The maximum atomic E-state index is 12.2. The molecule has 2 heterocycles. The first kappa shape index (κ1) is 14.9. The van der Waals surface area contributed by atoms with Crippen LogP contribution < -0.4 is 10.6 Å². The molecule has 0 saturated carbocycles. The largest absolute Gasteiger partial charge is 0.368 e. The van der Waals surface area contributed by atoms with Gasteiger partial charge >= 0.3 is 0 Å². The Morgan fingerprint density at radius 2 is 1.95 bits per heavy atom. The molecule has 2 aromatic rings. The molecule has 0 aliphatic carbocycles. The van der Waals surface area contributed by atoms with E-state index in [4.69, 9.17) is 0 Å². The van der Waals surface area contributed by atoms with Crippen molar-refractivity contribution in [2.45, 2.75) is 33.4 Å². The molecule has 0 atom stereocenters. The molecule has 0 bridgehead atoms. The Balaban J connectivity index is 2.06. The van der Waals surface area contributed by atoms with E-state index < -0.39 is 0 Å². The molecule has 0 aromatic carbocycles. The molecule has 2 rings (SSSR count). The summed E-state index contributed by atoms with van der Waals surface area (Å²) in [5.41, 5.74) is 1.35. The Kier molecular flexibility index (Phi) is 4.81. The van der Waals surface area contributed by atoms with Crippen molar-refractivity contribution in [3.63, 3.8) is 0 Å². The highest BCUT2D eigenvalue weighted by Crippen LogP contribution is 2.08. The van der Waals surface area contributed by atoms with Gasteiger partial charge in [-0.3, -0.25) is 9.78 Å². The monoisotopic (exact) mass is 285 g/mol. The number of carbonyl (C=O) groups excluding carboxylic acids is 1. The molecule has 21 heavy (non-hydrogen) atoms. The lowest BCUT2D eigenvalue weighted by atomic mass is 10.2. The van der Waals surface area contributed by atoms with Crippen LogP contribution in [0.2, 0.25) is 0 Å². The highest BCUT2D eigenvalue weighted by Gasteiger charge is 2.10. The van der Waals surface area contributed by atoms with Crippen molar-refractivity contribution < 1.29 is 4.79 Å². The number of rotatable bonds is 5. The van der Waals surface area contributed by atoms with Crippen LogP contribution >= 0.6 is 0 Å². The zero-order chi connectivity index (χ0) is 15.2. The quantitative estimate of drug-likeness (QED) is 0.877. The van der Waals surface area contributed by atoms with Crippen LogP contribution in [0.3, 0.4) is 0 Å². The standard InChI is InChI=1S/C15H19N5O/c1-10(2)18-14-8-13(19-11(3)20-14)15(21)17-9-12-4-6-16-7-5-12/h4-8,10H,9H2,1-3H3,(H,17,21)(H,18,19,20). The number of aryl methyl sites for hydroxylation is 1. The zero-order valence-corrected chi connectivity index (χ0v) is 12.4. The van der Waals surface area contributed by atoms with E-state index in [1.165, 1.54) is 0 Å². The van der Waals surface area contributed by atoms with Crippen molar-refractivity contribution in [1.29, 1.82) is 0 Å². The molecule has 2 aromatic heterocycles. The van der Waals surface area contributed by atoms with Crippen molar-refractivity contribution in [2.24, 2.45) is 0 Å². The Labute approximate surface area is 124 Å². The van der Waals surface area contributed by atoms with Crippen LogP contribution in [0.5, 0.6) is 0 Å². The van der Waals surface area contributed by atoms with Gasteiger partial charge in [0.05, 0.1) is 0 Å². The third-order valence-corrected chi connectivity index (χ3v) is 2.71. The third-order valence-electron chi connectivity index (χ3n) is 2.71. The number of aromatic nitrogens is 3. The molecule has 1 amide bonds. The summed E-state index contributed by atoms with van der Waals surface area (Å²) in [4.78, 5) is 24.5. The van der Waals surface area contributed by atoms with Crippen LogP contribution in [-0.2, 0) is 6.54 Å². The highest BCUT2D eigenvalue weighted by molar-refractivity contribution is 5.92. The summed E-state index contributed by atoms with van der Waals surface area (Å²) < 4.78 is 0. The first-order valence-corrected chi connectivity index (χ1v) is 6.84. The Morgan fingerprint density at radius 3 is 2.62 bits per heavy atom. The lowest BCUT2D eigenvalue weighted by Gasteiger charge is -2.11. The number of hydrogen-bond donors (Lipinski definition) is 2. The Hall–Kier alpha value is -2.50. The van der Waals surface area contributed by atoms with E-state index >= 15 is 0 Å². The van der Waals surface area contributed by atoms with E-state index in [9.17, 15) is 4.79 Å². The molecule has 0 fully saturated rings. The van der Waals surface area contributed by atoms with E-state index in [1.54, 1.807) is 25.4 Å². The smallest absolute Gasteiger partial charge is 0.270 e. The SMILES string of the molecule is Cc1nc(NC(C)C)cc(C(=O)NCc2ccncc2)n1. The second kappa shape index (κ2) is 6.78. The van der Waals surface area contributed by atoms with Gasteiger partial charge in [0.2, 0.25) is 0 Å². The fourth-order valence-electron chi connectivity index (χ4n) is 1.83. The summed E-state index contributed by atoms with van der Waals surface area (Å²) in [6.45, 7) is 6.24. The number of nitrogens with zero attached hydrogens (tertiary/aromatic N) is 3. The molecule has 110 valence electrons.